The van der Waals surface area contributed by atoms with Crippen molar-refractivity contribution >= 4 is 16.1 Å². The largest absolute Gasteiger partial charge is 0.493 e. The number of nitrogens with zero attached hydrogens (tertiary/aromatic N) is 2. The van der Waals surface area contributed by atoms with Crippen molar-refractivity contribution in [3.63, 3.8) is 0 Å². The van der Waals surface area contributed by atoms with E-state index in [2.05, 4.69) is 5.32 Å². The van der Waals surface area contributed by atoms with Gasteiger partial charge in [0.25, 0.3) is 0 Å². The van der Waals surface area contributed by atoms with Gasteiger partial charge in [0, 0.05) is 38.2 Å². The zero-order valence-corrected chi connectivity index (χ0v) is 13.9. The summed E-state index contributed by atoms with van der Waals surface area (Å²) >= 11 is 0. The van der Waals surface area contributed by atoms with Crippen molar-refractivity contribution in [2.75, 3.05) is 39.0 Å². The molecule has 3 rings (SSSR count). The van der Waals surface area contributed by atoms with Gasteiger partial charge in [-0.1, -0.05) is 18.2 Å². The van der Waals surface area contributed by atoms with Crippen LogP contribution in [0.1, 0.15) is 18.0 Å². The highest BCUT2D eigenvalue weighted by Gasteiger charge is 2.28. The summed E-state index contributed by atoms with van der Waals surface area (Å²) in [4.78, 5) is 14.1. The Labute approximate surface area is 136 Å². The van der Waals surface area contributed by atoms with Gasteiger partial charge >= 0.3 is 6.03 Å². The molecule has 1 saturated heterocycles. The van der Waals surface area contributed by atoms with Gasteiger partial charge in [-0.25, -0.2) is 13.2 Å². The van der Waals surface area contributed by atoms with E-state index in [0.29, 0.717) is 32.8 Å². The van der Waals surface area contributed by atoms with E-state index >= 15 is 0 Å². The summed E-state index contributed by atoms with van der Waals surface area (Å²) in [5.74, 6) is 0.811. The molecule has 126 valence electrons. The Balaban J connectivity index is 1.61. The predicted octanol–water partition coefficient (Wildman–Crippen LogP) is 0.797. The van der Waals surface area contributed by atoms with Crippen LogP contribution in [0.3, 0.4) is 0 Å². The number of rotatable bonds is 2. The fourth-order valence-corrected chi connectivity index (χ4v) is 3.78. The van der Waals surface area contributed by atoms with E-state index in [0.717, 1.165) is 17.7 Å². The Morgan fingerprint density at radius 2 is 1.91 bits per heavy atom. The van der Waals surface area contributed by atoms with Crippen molar-refractivity contribution in [1.29, 1.82) is 0 Å². The number of para-hydroxylation sites is 1. The normalized spacial score (nSPS) is 22.1. The number of nitrogens with one attached hydrogen (secondary N) is 1. The van der Waals surface area contributed by atoms with Crippen molar-refractivity contribution in [3.05, 3.63) is 29.8 Å². The number of hydrogen-bond acceptors (Lipinski definition) is 4. The maximum Gasteiger partial charge on any atom is 0.317 e. The van der Waals surface area contributed by atoms with Crippen LogP contribution >= 0.6 is 0 Å². The Morgan fingerprint density at radius 1 is 1.22 bits per heavy atom. The predicted molar refractivity (Wildman–Crippen MR) is 85.8 cm³/mol. The highest BCUT2D eigenvalue weighted by Crippen LogP contribution is 2.31. The van der Waals surface area contributed by atoms with Crippen molar-refractivity contribution < 1.29 is 17.9 Å². The lowest BCUT2D eigenvalue weighted by atomic mass is 10.0. The molecule has 0 radical (unpaired) electrons. The van der Waals surface area contributed by atoms with E-state index in [4.69, 9.17) is 4.74 Å². The lowest BCUT2D eigenvalue weighted by Gasteiger charge is -2.35. The maximum absolute atomic E-state index is 12.4. The number of urea groups is 1. The number of fused-ring (bicyclic) bond motifs is 1. The monoisotopic (exact) mass is 339 g/mol. The number of benzene rings is 1. The van der Waals surface area contributed by atoms with Crippen LogP contribution in [-0.4, -0.2) is 62.7 Å². The van der Waals surface area contributed by atoms with E-state index in [1.807, 2.05) is 24.3 Å². The Hall–Kier alpha value is -1.80. The van der Waals surface area contributed by atoms with E-state index in [1.165, 1.54) is 10.6 Å². The summed E-state index contributed by atoms with van der Waals surface area (Å²) in [6, 6.07) is 7.48. The lowest BCUT2D eigenvalue weighted by Crippen LogP contribution is -2.53. The van der Waals surface area contributed by atoms with Gasteiger partial charge in [-0.05, 0) is 6.07 Å². The number of hydrogen-bond donors (Lipinski definition) is 1. The number of sulfonamides is 1. The summed E-state index contributed by atoms with van der Waals surface area (Å²) in [5.41, 5.74) is 0.988. The van der Waals surface area contributed by atoms with Gasteiger partial charge in [-0.15, -0.1) is 0 Å². The molecule has 0 bridgehead atoms. The van der Waals surface area contributed by atoms with Gasteiger partial charge in [0.15, 0.2) is 0 Å². The average Bonchev–Trinajstić information content (AvgIpc) is 2.54. The second-order valence-electron chi connectivity index (χ2n) is 5.83. The third-order valence-electron chi connectivity index (χ3n) is 4.25. The molecule has 7 nitrogen and oxygen atoms in total. The number of carbonyl (C=O) groups is 1. The number of carbonyl (C=O) groups excluding carboxylic acids is 1. The third-order valence-corrected chi connectivity index (χ3v) is 5.55. The molecule has 0 saturated carbocycles. The third kappa shape index (κ3) is 3.59. The van der Waals surface area contributed by atoms with Crippen LogP contribution in [0.15, 0.2) is 24.3 Å². The summed E-state index contributed by atoms with van der Waals surface area (Å²) in [5, 5.41) is 3.04. The van der Waals surface area contributed by atoms with E-state index < -0.39 is 10.0 Å². The molecule has 2 aliphatic rings. The Kier molecular flexibility index (Phi) is 4.45. The smallest absolute Gasteiger partial charge is 0.317 e. The summed E-state index contributed by atoms with van der Waals surface area (Å²) in [6.45, 7) is 2.07. The summed E-state index contributed by atoms with van der Waals surface area (Å²) < 4.78 is 30.0. The van der Waals surface area contributed by atoms with Crippen molar-refractivity contribution in [1.82, 2.24) is 14.5 Å². The fourth-order valence-electron chi connectivity index (χ4n) is 2.96. The first-order valence-corrected chi connectivity index (χ1v) is 9.52. The van der Waals surface area contributed by atoms with Crippen LogP contribution in [0.2, 0.25) is 0 Å². The van der Waals surface area contributed by atoms with Gasteiger partial charge < -0.3 is 15.0 Å². The SMILES string of the molecule is CS(=O)(=O)N1CCN(C(=O)N[C@@H]2CCOc3ccccc32)CC1. The highest BCUT2D eigenvalue weighted by molar-refractivity contribution is 7.88. The zero-order chi connectivity index (χ0) is 16.4. The Bertz CT molecular complexity index is 684. The minimum atomic E-state index is -3.18. The number of ether oxygens (including phenoxy) is 1. The highest BCUT2D eigenvalue weighted by atomic mass is 32.2. The van der Waals surface area contributed by atoms with Crippen molar-refractivity contribution in [2.24, 2.45) is 0 Å². The van der Waals surface area contributed by atoms with Crippen LogP contribution in [0.5, 0.6) is 5.75 Å². The molecule has 1 aromatic rings. The second-order valence-corrected chi connectivity index (χ2v) is 7.81. The topological polar surface area (TPSA) is 79.0 Å². The first-order chi connectivity index (χ1) is 10.9. The van der Waals surface area contributed by atoms with E-state index in [9.17, 15) is 13.2 Å². The molecule has 1 fully saturated rings. The molecule has 8 heteroatoms. The summed E-state index contributed by atoms with van der Waals surface area (Å²) in [6.07, 6.45) is 1.92. The molecule has 1 atom stereocenters. The molecular formula is C15H21N3O4S. The van der Waals surface area contributed by atoms with E-state index in [1.54, 1.807) is 4.90 Å². The van der Waals surface area contributed by atoms with Crippen LogP contribution in [0, 0.1) is 0 Å². The molecule has 1 N–H and O–H groups in total. The lowest BCUT2D eigenvalue weighted by molar-refractivity contribution is 0.164. The molecule has 2 heterocycles. The molecule has 2 amide bonds. The molecule has 23 heavy (non-hydrogen) atoms. The second kappa shape index (κ2) is 6.37. The fraction of sp³-hybridized carbons (Fsp3) is 0.533. The molecule has 2 aliphatic heterocycles. The molecule has 0 aliphatic carbocycles. The quantitative estimate of drug-likeness (QED) is 0.864. The summed E-state index contributed by atoms with van der Waals surface area (Å²) in [7, 11) is -3.18. The van der Waals surface area contributed by atoms with Crippen LogP contribution in [-0.2, 0) is 10.0 Å². The van der Waals surface area contributed by atoms with E-state index in [-0.39, 0.29) is 12.1 Å². The van der Waals surface area contributed by atoms with Gasteiger partial charge in [0.1, 0.15) is 5.75 Å². The van der Waals surface area contributed by atoms with Crippen molar-refractivity contribution in [3.8, 4) is 5.75 Å². The van der Waals surface area contributed by atoms with Gasteiger partial charge in [0.2, 0.25) is 10.0 Å². The minimum absolute atomic E-state index is 0.0691. The van der Waals surface area contributed by atoms with Crippen molar-refractivity contribution in [2.45, 2.75) is 12.5 Å². The minimum Gasteiger partial charge on any atom is -0.493 e. The maximum atomic E-state index is 12.4. The van der Waals surface area contributed by atoms with Crippen LogP contribution in [0.4, 0.5) is 4.79 Å². The molecular weight excluding hydrogens is 318 g/mol. The zero-order valence-electron chi connectivity index (χ0n) is 13.1. The van der Waals surface area contributed by atoms with Gasteiger partial charge in [-0.2, -0.15) is 4.31 Å². The number of amides is 2. The molecule has 0 spiro atoms. The number of piperazine rings is 1. The average molecular weight is 339 g/mol. The molecule has 0 aromatic heterocycles. The van der Waals surface area contributed by atoms with Gasteiger partial charge in [0.05, 0.1) is 18.9 Å². The first-order valence-electron chi connectivity index (χ1n) is 7.67. The molecule has 0 unspecified atom stereocenters. The van der Waals surface area contributed by atoms with Crippen LogP contribution in [0.25, 0.3) is 0 Å². The van der Waals surface area contributed by atoms with Gasteiger partial charge in [-0.3, -0.25) is 0 Å². The van der Waals surface area contributed by atoms with Crippen LogP contribution < -0.4 is 10.1 Å². The molecule has 1 aromatic carbocycles. The Morgan fingerprint density at radius 3 is 2.61 bits per heavy atom. The first kappa shape index (κ1) is 16.1. The standard InChI is InChI=1S/C15H21N3O4S/c1-23(20,21)18-9-7-17(8-10-18)15(19)16-13-6-11-22-14-5-3-2-4-12(13)14/h2-5,13H,6-11H2,1H3,(H,16,19)/t13-/m1/s1.